The van der Waals surface area contributed by atoms with Crippen molar-refractivity contribution in [2.75, 3.05) is 0 Å². The molecule has 174 valence electrons. The molecule has 0 aromatic carbocycles. The maximum Gasteiger partial charge on any atom is 0.306 e. The maximum atomic E-state index is 12.5. The van der Waals surface area contributed by atoms with Crippen LogP contribution in [-0.4, -0.2) is 23.1 Å². The maximum absolute atomic E-state index is 12.5. The lowest BCUT2D eigenvalue weighted by Crippen LogP contribution is -2.35. The lowest BCUT2D eigenvalue weighted by molar-refractivity contribution is -0.167. The van der Waals surface area contributed by atoms with Crippen LogP contribution in [-0.2, 0) is 19.1 Å². The molecule has 0 heterocycles. The third-order valence-corrected chi connectivity index (χ3v) is 5.79. The van der Waals surface area contributed by atoms with Crippen molar-refractivity contribution in [3.63, 3.8) is 0 Å². The number of allylic oxidation sites excluding steroid dienone is 2. The van der Waals surface area contributed by atoms with Crippen molar-refractivity contribution in [1.29, 1.82) is 0 Å². The van der Waals surface area contributed by atoms with E-state index in [2.05, 4.69) is 52.0 Å². The molecule has 0 radical (unpaired) electrons. The quantitative estimate of drug-likeness (QED) is 0.207. The molecule has 4 heteroatoms. The van der Waals surface area contributed by atoms with E-state index in [4.69, 9.17) is 9.47 Å². The number of esters is 2. The molecule has 0 rings (SSSR count). The van der Waals surface area contributed by atoms with Crippen LogP contribution in [0, 0.1) is 11.8 Å². The standard InChI is InChI=1S/C26H46O4/c1-9-25(10-2,19-13-15-21(5)6)29-23(27)17-18-24(28)30-26(11-3,12-4)20-14-16-22(7)8/h13-16,21-22H,9-12,17-20H2,1-8H3. The molecule has 0 bridgehead atoms. The smallest absolute Gasteiger partial charge is 0.306 e. The second-order valence-electron chi connectivity index (χ2n) is 8.98. The third kappa shape index (κ3) is 11.0. The first-order chi connectivity index (χ1) is 14.1. The number of hydrogen-bond donors (Lipinski definition) is 0. The first-order valence-electron chi connectivity index (χ1n) is 11.8. The minimum atomic E-state index is -0.495. The van der Waals surface area contributed by atoms with Crippen molar-refractivity contribution in [3.8, 4) is 0 Å². The zero-order chi connectivity index (χ0) is 23.2. The SMILES string of the molecule is CCC(CC)(CC=CC(C)C)OC(=O)CCC(=O)OC(CC)(CC)CC=CC(C)C. The summed E-state index contributed by atoms with van der Waals surface area (Å²) in [6, 6.07) is 0. The van der Waals surface area contributed by atoms with Gasteiger partial charge >= 0.3 is 11.9 Å². The molecule has 30 heavy (non-hydrogen) atoms. The fourth-order valence-electron chi connectivity index (χ4n) is 3.35. The van der Waals surface area contributed by atoms with Crippen LogP contribution in [0.2, 0.25) is 0 Å². The van der Waals surface area contributed by atoms with Gasteiger partial charge in [0.15, 0.2) is 0 Å². The Morgan fingerprint density at radius 2 is 0.967 bits per heavy atom. The largest absolute Gasteiger partial charge is 0.459 e. The van der Waals surface area contributed by atoms with Gasteiger partial charge in [-0.05, 0) is 37.5 Å². The van der Waals surface area contributed by atoms with Gasteiger partial charge in [-0.25, -0.2) is 0 Å². The Morgan fingerprint density at radius 1 is 0.667 bits per heavy atom. The van der Waals surface area contributed by atoms with E-state index in [9.17, 15) is 9.59 Å². The predicted molar refractivity (Wildman–Crippen MR) is 125 cm³/mol. The summed E-state index contributed by atoms with van der Waals surface area (Å²) in [7, 11) is 0. The van der Waals surface area contributed by atoms with E-state index in [0.717, 1.165) is 25.7 Å². The molecule has 0 aliphatic heterocycles. The summed E-state index contributed by atoms with van der Waals surface area (Å²) in [6.07, 6.45) is 13.0. The number of carbonyl (C=O) groups excluding carboxylic acids is 2. The molecule has 0 spiro atoms. The van der Waals surface area contributed by atoms with Crippen LogP contribution in [0.15, 0.2) is 24.3 Å². The van der Waals surface area contributed by atoms with Crippen LogP contribution >= 0.6 is 0 Å². The van der Waals surface area contributed by atoms with Gasteiger partial charge in [0.25, 0.3) is 0 Å². The minimum absolute atomic E-state index is 0.0554. The summed E-state index contributed by atoms with van der Waals surface area (Å²) in [5.74, 6) is 0.281. The molecule has 0 saturated carbocycles. The molecule has 0 amide bonds. The molecule has 0 N–H and O–H groups in total. The third-order valence-electron chi connectivity index (χ3n) is 5.79. The summed E-state index contributed by atoms with van der Waals surface area (Å²) in [5.41, 5.74) is -0.991. The zero-order valence-electron chi connectivity index (χ0n) is 20.8. The zero-order valence-corrected chi connectivity index (χ0v) is 20.8. The van der Waals surface area contributed by atoms with E-state index in [0.29, 0.717) is 24.7 Å². The average Bonchev–Trinajstić information content (AvgIpc) is 2.70. The van der Waals surface area contributed by atoms with Crippen LogP contribution in [0.3, 0.4) is 0 Å². The summed E-state index contributed by atoms with van der Waals surface area (Å²) < 4.78 is 11.7. The lowest BCUT2D eigenvalue weighted by Gasteiger charge is -2.32. The highest BCUT2D eigenvalue weighted by Crippen LogP contribution is 2.28. The highest BCUT2D eigenvalue weighted by molar-refractivity contribution is 5.78. The molecule has 0 fully saturated rings. The van der Waals surface area contributed by atoms with Gasteiger partial charge in [0.1, 0.15) is 11.2 Å². The number of hydrogen-bond acceptors (Lipinski definition) is 4. The molecule has 0 aliphatic carbocycles. The fraction of sp³-hybridized carbons (Fsp3) is 0.769. The topological polar surface area (TPSA) is 52.6 Å². The summed E-state index contributed by atoms with van der Waals surface area (Å²) in [5, 5.41) is 0. The summed E-state index contributed by atoms with van der Waals surface area (Å²) >= 11 is 0. The van der Waals surface area contributed by atoms with Crippen LogP contribution in [0.4, 0.5) is 0 Å². The number of ether oxygens (including phenoxy) is 2. The van der Waals surface area contributed by atoms with Crippen LogP contribution < -0.4 is 0 Å². The van der Waals surface area contributed by atoms with E-state index in [-0.39, 0.29) is 24.8 Å². The van der Waals surface area contributed by atoms with Gasteiger partial charge < -0.3 is 9.47 Å². The first-order valence-corrected chi connectivity index (χ1v) is 11.8. The average molecular weight is 423 g/mol. The van der Waals surface area contributed by atoms with Crippen molar-refractivity contribution >= 4 is 11.9 Å². The Morgan fingerprint density at radius 3 is 1.20 bits per heavy atom. The fourth-order valence-corrected chi connectivity index (χ4v) is 3.35. The van der Waals surface area contributed by atoms with Gasteiger partial charge in [0, 0.05) is 12.8 Å². The Hall–Kier alpha value is -1.58. The van der Waals surface area contributed by atoms with Crippen LogP contribution in [0.25, 0.3) is 0 Å². The van der Waals surface area contributed by atoms with Crippen LogP contribution in [0.5, 0.6) is 0 Å². The molecule has 0 unspecified atom stereocenters. The van der Waals surface area contributed by atoms with Crippen molar-refractivity contribution in [2.24, 2.45) is 11.8 Å². The molecule has 0 aromatic heterocycles. The predicted octanol–water partition coefficient (Wildman–Crippen LogP) is 7.18. The van der Waals surface area contributed by atoms with E-state index >= 15 is 0 Å². The van der Waals surface area contributed by atoms with E-state index in [1.807, 2.05) is 27.7 Å². The van der Waals surface area contributed by atoms with Crippen molar-refractivity contribution in [1.82, 2.24) is 0 Å². The van der Waals surface area contributed by atoms with Gasteiger partial charge in [-0.2, -0.15) is 0 Å². The highest BCUT2D eigenvalue weighted by Gasteiger charge is 2.31. The van der Waals surface area contributed by atoms with Gasteiger partial charge in [-0.1, -0.05) is 79.7 Å². The summed E-state index contributed by atoms with van der Waals surface area (Å²) in [6.45, 7) is 16.6. The lowest BCUT2D eigenvalue weighted by atomic mass is 9.92. The Labute approximate surface area is 185 Å². The second-order valence-corrected chi connectivity index (χ2v) is 8.98. The highest BCUT2D eigenvalue weighted by atomic mass is 16.6. The van der Waals surface area contributed by atoms with Crippen molar-refractivity contribution in [3.05, 3.63) is 24.3 Å². The van der Waals surface area contributed by atoms with E-state index in [1.54, 1.807) is 0 Å². The molecule has 0 saturated heterocycles. The first kappa shape index (κ1) is 28.4. The van der Waals surface area contributed by atoms with Crippen molar-refractivity contribution < 1.29 is 19.1 Å². The molecular formula is C26H46O4. The molecule has 0 atom stereocenters. The number of rotatable bonds is 15. The van der Waals surface area contributed by atoms with Gasteiger partial charge in [-0.15, -0.1) is 0 Å². The molecule has 4 nitrogen and oxygen atoms in total. The Bertz CT molecular complexity index is 499. The molecule has 0 aromatic rings. The Kier molecular flexibility index (Phi) is 13.7. The minimum Gasteiger partial charge on any atom is -0.459 e. The van der Waals surface area contributed by atoms with Crippen LogP contribution in [0.1, 0.15) is 107 Å². The molecular weight excluding hydrogens is 376 g/mol. The van der Waals surface area contributed by atoms with E-state index < -0.39 is 11.2 Å². The Balaban J connectivity index is 4.83. The van der Waals surface area contributed by atoms with Crippen molar-refractivity contribution in [2.45, 2.75) is 118 Å². The second kappa shape index (κ2) is 14.4. The number of carbonyl (C=O) groups is 2. The molecule has 0 aliphatic rings. The normalized spacial score (nSPS) is 13.0. The van der Waals surface area contributed by atoms with Gasteiger partial charge in [-0.3, -0.25) is 9.59 Å². The monoisotopic (exact) mass is 422 g/mol. The summed E-state index contributed by atoms with van der Waals surface area (Å²) in [4.78, 5) is 24.9. The van der Waals surface area contributed by atoms with Gasteiger partial charge in [0.05, 0.1) is 12.8 Å². The van der Waals surface area contributed by atoms with E-state index in [1.165, 1.54) is 0 Å². The van der Waals surface area contributed by atoms with Gasteiger partial charge in [0.2, 0.25) is 0 Å².